The molecule has 0 unspecified atom stereocenters. The molecule has 0 aliphatic carbocycles. The van der Waals surface area contributed by atoms with Gasteiger partial charge in [-0.2, -0.15) is 13.2 Å². The van der Waals surface area contributed by atoms with Crippen LogP contribution in [0.2, 0.25) is 5.02 Å². The Hall–Kier alpha value is -1.34. The molecule has 0 atom stereocenters. The van der Waals surface area contributed by atoms with Crippen molar-refractivity contribution < 1.29 is 13.2 Å². The van der Waals surface area contributed by atoms with E-state index in [9.17, 15) is 13.2 Å². The Bertz CT molecular complexity index is 647. The summed E-state index contributed by atoms with van der Waals surface area (Å²) in [5, 5.41) is 5.17. The van der Waals surface area contributed by atoms with Crippen LogP contribution in [0, 0.1) is 0 Å². The number of alkyl halides is 3. The van der Waals surface area contributed by atoms with Crippen LogP contribution in [-0.4, -0.2) is 9.97 Å². The summed E-state index contributed by atoms with van der Waals surface area (Å²) < 4.78 is 37.6. The molecule has 2 rings (SSSR count). The number of hydrogen-bond donors (Lipinski definition) is 1. The molecular formula is C13H13ClF3N3S. The lowest BCUT2D eigenvalue weighted by Gasteiger charge is -2.14. The summed E-state index contributed by atoms with van der Waals surface area (Å²) in [6, 6.07) is 0.842. The van der Waals surface area contributed by atoms with Gasteiger partial charge in [0.2, 0.25) is 0 Å². The number of halogens is 4. The van der Waals surface area contributed by atoms with E-state index in [4.69, 9.17) is 11.6 Å². The van der Waals surface area contributed by atoms with Crippen LogP contribution in [0.25, 0.3) is 0 Å². The van der Waals surface area contributed by atoms with E-state index in [2.05, 4.69) is 15.3 Å². The predicted octanol–water partition coefficient (Wildman–Crippen LogP) is 5.25. The normalized spacial score (nSPS) is 12.5. The van der Waals surface area contributed by atoms with E-state index in [0.717, 1.165) is 18.0 Å². The van der Waals surface area contributed by atoms with Gasteiger partial charge in [-0.05, 0) is 6.07 Å². The van der Waals surface area contributed by atoms with E-state index in [1.54, 1.807) is 0 Å². The molecule has 2 aromatic heterocycles. The Kier molecular flexibility index (Phi) is 4.17. The zero-order chi connectivity index (χ0) is 15.8. The summed E-state index contributed by atoms with van der Waals surface area (Å²) in [5.41, 5.74) is -0.0982. The lowest BCUT2D eigenvalue weighted by Crippen LogP contribution is -2.11. The molecule has 114 valence electrons. The fourth-order valence-electron chi connectivity index (χ4n) is 1.46. The molecule has 0 fully saturated rings. The Morgan fingerprint density at radius 2 is 1.90 bits per heavy atom. The van der Waals surface area contributed by atoms with Crippen LogP contribution in [0.4, 0.5) is 24.1 Å². The van der Waals surface area contributed by atoms with Gasteiger partial charge in [0.05, 0.1) is 16.3 Å². The molecular weight excluding hydrogens is 323 g/mol. The smallest absolute Gasteiger partial charge is 0.315 e. The van der Waals surface area contributed by atoms with Crippen LogP contribution in [0.3, 0.4) is 0 Å². The molecule has 0 radical (unpaired) electrons. The predicted molar refractivity (Wildman–Crippen MR) is 78.3 cm³/mol. The van der Waals surface area contributed by atoms with Crippen LogP contribution in [-0.2, 0) is 11.6 Å². The minimum atomic E-state index is -4.46. The molecule has 0 saturated heterocycles. The monoisotopic (exact) mass is 335 g/mol. The summed E-state index contributed by atoms with van der Waals surface area (Å²) in [6.45, 7) is 6.07. The largest absolute Gasteiger partial charge is 0.417 e. The number of nitrogens with zero attached hydrogens (tertiary/aromatic N) is 2. The fourth-order valence-corrected chi connectivity index (χ4v) is 2.61. The summed E-state index contributed by atoms with van der Waals surface area (Å²) in [4.78, 5) is 8.09. The number of anilines is 2. The van der Waals surface area contributed by atoms with Gasteiger partial charge in [0.15, 0.2) is 10.9 Å². The van der Waals surface area contributed by atoms with Gasteiger partial charge in [0, 0.05) is 17.0 Å². The molecule has 2 heterocycles. The van der Waals surface area contributed by atoms with Crippen molar-refractivity contribution in [3.8, 4) is 0 Å². The number of pyridine rings is 1. The average Bonchev–Trinajstić information content (AvgIpc) is 2.78. The summed E-state index contributed by atoms with van der Waals surface area (Å²) in [6.07, 6.45) is -3.72. The van der Waals surface area contributed by atoms with Crippen molar-refractivity contribution in [1.82, 2.24) is 9.97 Å². The summed E-state index contributed by atoms with van der Waals surface area (Å²) in [5.74, 6) is 0.152. The first-order valence-corrected chi connectivity index (χ1v) is 7.29. The molecule has 1 N–H and O–H groups in total. The van der Waals surface area contributed by atoms with E-state index in [1.165, 1.54) is 11.3 Å². The van der Waals surface area contributed by atoms with Crippen LogP contribution in [0.5, 0.6) is 0 Å². The third-order valence-corrected chi connectivity index (χ3v) is 3.71. The van der Waals surface area contributed by atoms with Gasteiger partial charge in [0.1, 0.15) is 0 Å². The Morgan fingerprint density at radius 3 is 2.38 bits per heavy atom. The molecule has 0 amide bonds. The first-order chi connectivity index (χ1) is 9.57. The molecule has 3 nitrogen and oxygen atoms in total. The van der Waals surface area contributed by atoms with Crippen molar-refractivity contribution >= 4 is 33.9 Å². The zero-order valence-electron chi connectivity index (χ0n) is 11.5. The highest BCUT2D eigenvalue weighted by Gasteiger charge is 2.31. The maximum absolute atomic E-state index is 12.5. The minimum Gasteiger partial charge on any atom is -0.315 e. The van der Waals surface area contributed by atoms with Crippen molar-refractivity contribution in [1.29, 1.82) is 0 Å². The summed E-state index contributed by atoms with van der Waals surface area (Å²) in [7, 11) is 0. The SMILES string of the molecule is CC(C)(C)c1csc(Nc2ncc(C(F)(F)F)cc2Cl)n1. The van der Waals surface area contributed by atoms with E-state index in [0.29, 0.717) is 5.13 Å². The zero-order valence-corrected chi connectivity index (χ0v) is 13.1. The van der Waals surface area contributed by atoms with E-state index in [-0.39, 0.29) is 16.3 Å². The molecule has 0 spiro atoms. The van der Waals surface area contributed by atoms with E-state index >= 15 is 0 Å². The third kappa shape index (κ3) is 3.85. The van der Waals surface area contributed by atoms with Crippen LogP contribution >= 0.6 is 22.9 Å². The molecule has 0 saturated carbocycles. The molecule has 0 aliphatic heterocycles. The maximum atomic E-state index is 12.5. The Labute approximate surface area is 129 Å². The van der Waals surface area contributed by atoms with Crippen LogP contribution < -0.4 is 5.32 Å². The Morgan fingerprint density at radius 1 is 1.24 bits per heavy atom. The molecule has 0 bridgehead atoms. The third-order valence-electron chi connectivity index (χ3n) is 2.67. The van der Waals surface area contributed by atoms with Crippen molar-refractivity contribution in [2.24, 2.45) is 0 Å². The van der Waals surface area contributed by atoms with Gasteiger partial charge in [-0.15, -0.1) is 11.3 Å². The van der Waals surface area contributed by atoms with Gasteiger partial charge >= 0.3 is 6.18 Å². The summed E-state index contributed by atoms with van der Waals surface area (Å²) >= 11 is 7.18. The van der Waals surface area contributed by atoms with Crippen molar-refractivity contribution in [3.05, 3.63) is 33.9 Å². The topological polar surface area (TPSA) is 37.8 Å². The lowest BCUT2D eigenvalue weighted by atomic mass is 9.93. The van der Waals surface area contributed by atoms with Crippen LogP contribution in [0.15, 0.2) is 17.6 Å². The van der Waals surface area contributed by atoms with Gasteiger partial charge in [-0.25, -0.2) is 9.97 Å². The highest BCUT2D eigenvalue weighted by atomic mass is 35.5. The molecule has 0 aromatic carbocycles. The van der Waals surface area contributed by atoms with Crippen molar-refractivity contribution in [2.75, 3.05) is 5.32 Å². The van der Waals surface area contributed by atoms with Gasteiger partial charge < -0.3 is 5.32 Å². The first kappa shape index (κ1) is 16.0. The van der Waals surface area contributed by atoms with Crippen molar-refractivity contribution in [2.45, 2.75) is 32.4 Å². The highest BCUT2D eigenvalue weighted by molar-refractivity contribution is 7.13. The quantitative estimate of drug-likeness (QED) is 0.814. The molecule has 21 heavy (non-hydrogen) atoms. The van der Waals surface area contributed by atoms with Gasteiger partial charge in [-0.3, -0.25) is 0 Å². The lowest BCUT2D eigenvalue weighted by molar-refractivity contribution is -0.137. The second-order valence-electron chi connectivity index (χ2n) is 5.47. The van der Waals surface area contributed by atoms with Gasteiger partial charge in [-0.1, -0.05) is 32.4 Å². The van der Waals surface area contributed by atoms with E-state index < -0.39 is 11.7 Å². The van der Waals surface area contributed by atoms with E-state index in [1.807, 2.05) is 26.2 Å². The van der Waals surface area contributed by atoms with Crippen LogP contribution in [0.1, 0.15) is 32.0 Å². The Balaban J connectivity index is 2.23. The fraction of sp³-hybridized carbons (Fsp3) is 0.385. The second kappa shape index (κ2) is 5.46. The van der Waals surface area contributed by atoms with Crippen molar-refractivity contribution in [3.63, 3.8) is 0 Å². The number of hydrogen-bond acceptors (Lipinski definition) is 4. The average molecular weight is 336 g/mol. The molecule has 8 heteroatoms. The minimum absolute atomic E-state index is 0.0997. The maximum Gasteiger partial charge on any atom is 0.417 e. The number of rotatable bonds is 2. The number of aromatic nitrogens is 2. The molecule has 2 aromatic rings. The number of nitrogens with one attached hydrogen (secondary N) is 1. The first-order valence-electron chi connectivity index (χ1n) is 6.03. The standard InChI is InChI=1S/C13H13ClF3N3S/c1-12(2,3)9-6-21-11(19-9)20-10-8(14)4-7(5-18-10)13(15,16)17/h4-6H,1-3H3,(H,18,19,20). The second-order valence-corrected chi connectivity index (χ2v) is 6.73. The number of thiazole rings is 1. The van der Waals surface area contributed by atoms with Gasteiger partial charge in [0.25, 0.3) is 0 Å². The highest BCUT2D eigenvalue weighted by Crippen LogP contribution is 2.34. The molecule has 0 aliphatic rings.